The van der Waals surface area contributed by atoms with Crippen LogP contribution in [0.4, 0.5) is 0 Å². The second-order valence-corrected chi connectivity index (χ2v) is 4.04. The van der Waals surface area contributed by atoms with Crippen LogP contribution in [0.15, 0.2) is 30.3 Å². The normalized spacial score (nSPS) is 11.6. The monoisotopic (exact) mass is 265 g/mol. The maximum Gasteiger partial charge on any atom is 0.326 e. The molecule has 0 aliphatic carbocycles. The van der Waals surface area contributed by atoms with E-state index in [0.717, 1.165) is 5.56 Å². The highest BCUT2D eigenvalue weighted by Gasteiger charge is 2.20. The fourth-order valence-corrected chi connectivity index (χ4v) is 1.54. The summed E-state index contributed by atoms with van der Waals surface area (Å²) in [4.78, 5) is 32.8. The van der Waals surface area contributed by atoms with Crippen LogP contribution in [-0.2, 0) is 20.8 Å². The third kappa shape index (κ3) is 5.67. The number of carbonyl (C=O) groups excluding carboxylic acids is 1. The number of carboxylic acid groups (broad SMARTS) is 2. The lowest BCUT2D eigenvalue weighted by atomic mass is 10.1. The summed E-state index contributed by atoms with van der Waals surface area (Å²) >= 11 is 0. The summed E-state index contributed by atoms with van der Waals surface area (Å²) in [6.07, 6.45) is -0.383. The zero-order valence-electron chi connectivity index (χ0n) is 10.2. The van der Waals surface area contributed by atoms with Gasteiger partial charge in [-0.3, -0.25) is 9.59 Å². The minimum absolute atomic E-state index is 0.162. The first kappa shape index (κ1) is 14.7. The van der Waals surface area contributed by atoms with E-state index in [9.17, 15) is 14.4 Å². The van der Waals surface area contributed by atoms with Crippen molar-refractivity contribution in [2.24, 2.45) is 0 Å². The van der Waals surface area contributed by atoms with Crippen molar-refractivity contribution >= 4 is 17.8 Å². The SMILES string of the molecule is O=C(O)CCC(=O)N[C@H](Cc1ccccc1)C(=O)O. The third-order valence-electron chi connectivity index (χ3n) is 2.48. The largest absolute Gasteiger partial charge is 0.481 e. The summed E-state index contributed by atoms with van der Waals surface area (Å²) < 4.78 is 0. The molecule has 0 aliphatic rings. The van der Waals surface area contributed by atoms with Crippen molar-refractivity contribution in [3.8, 4) is 0 Å². The third-order valence-corrected chi connectivity index (χ3v) is 2.48. The van der Waals surface area contributed by atoms with E-state index in [4.69, 9.17) is 10.2 Å². The van der Waals surface area contributed by atoms with Crippen molar-refractivity contribution in [2.45, 2.75) is 25.3 Å². The molecule has 1 rings (SSSR count). The van der Waals surface area contributed by atoms with E-state index < -0.39 is 23.9 Å². The maximum atomic E-state index is 11.4. The van der Waals surface area contributed by atoms with E-state index in [1.54, 1.807) is 24.3 Å². The average Bonchev–Trinajstić information content (AvgIpc) is 2.36. The fourth-order valence-electron chi connectivity index (χ4n) is 1.54. The van der Waals surface area contributed by atoms with Crippen molar-refractivity contribution in [3.63, 3.8) is 0 Å². The van der Waals surface area contributed by atoms with Gasteiger partial charge in [0.15, 0.2) is 0 Å². The van der Waals surface area contributed by atoms with Crippen LogP contribution >= 0.6 is 0 Å². The molecule has 19 heavy (non-hydrogen) atoms. The molecule has 1 amide bonds. The number of rotatable bonds is 7. The highest BCUT2D eigenvalue weighted by atomic mass is 16.4. The molecule has 0 heterocycles. The van der Waals surface area contributed by atoms with E-state index in [0.29, 0.717) is 0 Å². The van der Waals surface area contributed by atoms with E-state index in [1.165, 1.54) is 0 Å². The van der Waals surface area contributed by atoms with Gasteiger partial charge in [-0.25, -0.2) is 4.79 Å². The van der Waals surface area contributed by atoms with Crippen LogP contribution in [-0.4, -0.2) is 34.1 Å². The molecule has 0 unspecified atom stereocenters. The molecule has 6 heteroatoms. The van der Waals surface area contributed by atoms with Gasteiger partial charge in [0.05, 0.1) is 6.42 Å². The summed E-state index contributed by atoms with van der Waals surface area (Å²) in [5, 5.41) is 19.8. The summed E-state index contributed by atoms with van der Waals surface area (Å²) in [6, 6.07) is 7.84. The van der Waals surface area contributed by atoms with Gasteiger partial charge < -0.3 is 15.5 Å². The van der Waals surface area contributed by atoms with Crippen molar-refractivity contribution in [1.29, 1.82) is 0 Å². The molecule has 0 fully saturated rings. The molecule has 0 saturated carbocycles. The van der Waals surface area contributed by atoms with E-state index in [-0.39, 0.29) is 19.3 Å². The molecule has 0 bridgehead atoms. The van der Waals surface area contributed by atoms with Gasteiger partial charge in [-0.2, -0.15) is 0 Å². The zero-order valence-corrected chi connectivity index (χ0v) is 10.2. The van der Waals surface area contributed by atoms with Gasteiger partial charge in [-0.1, -0.05) is 30.3 Å². The summed E-state index contributed by atoms with van der Waals surface area (Å²) in [5.41, 5.74) is 0.786. The quantitative estimate of drug-likeness (QED) is 0.672. The van der Waals surface area contributed by atoms with Crippen molar-refractivity contribution in [3.05, 3.63) is 35.9 Å². The van der Waals surface area contributed by atoms with Crippen molar-refractivity contribution in [1.82, 2.24) is 5.32 Å². The Labute approximate surface area is 110 Å². The van der Waals surface area contributed by atoms with Crippen LogP contribution in [0.25, 0.3) is 0 Å². The molecule has 0 aromatic heterocycles. The Morgan fingerprint density at radius 3 is 2.21 bits per heavy atom. The fraction of sp³-hybridized carbons (Fsp3) is 0.308. The standard InChI is InChI=1S/C13H15NO5/c15-11(6-7-12(16)17)14-10(13(18)19)8-9-4-2-1-3-5-9/h1-5,10H,6-8H2,(H,14,15)(H,16,17)(H,18,19)/t10-/m1/s1. The van der Waals surface area contributed by atoms with E-state index in [2.05, 4.69) is 5.32 Å². The topological polar surface area (TPSA) is 104 Å². The number of hydrogen-bond donors (Lipinski definition) is 3. The maximum absolute atomic E-state index is 11.4. The first-order chi connectivity index (χ1) is 8.99. The summed E-state index contributed by atoms with van der Waals surface area (Å²) in [6.45, 7) is 0. The molecule has 3 N–H and O–H groups in total. The number of carboxylic acids is 2. The lowest BCUT2D eigenvalue weighted by Gasteiger charge is -2.14. The molecule has 0 spiro atoms. The van der Waals surface area contributed by atoms with Gasteiger partial charge >= 0.3 is 11.9 Å². The molecule has 0 radical (unpaired) electrons. The Hall–Kier alpha value is -2.37. The number of carbonyl (C=O) groups is 3. The van der Waals surface area contributed by atoms with Crippen molar-refractivity contribution < 1.29 is 24.6 Å². The Morgan fingerprint density at radius 1 is 1.05 bits per heavy atom. The lowest BCUT2D eigenvalue weighted by Crippen LogP contribution is -2.42. The average molecular weight is 265 g/mol. The number of amides is 1. The minimum atomic E-state index is -1.15. The number of nitrogens with one attached hydrogen (secondary N) is 1. The molecule has 102 valence electrons. The van der Waals surface area contributed by atoms with Crippen LogP contribution < -0.4 is 5.32 Å². The summed E-state index contributed by atoms with van der Waals surface area (Å²) in [5.74, 6) is -2.82. The zero-order chi connectivity index (χ0) is 14.3. The number of hydrogen-bond acceptors (Lipinski definition) is 3. The molecular weight excluding hydrogens is 250 g/mol. The summed E-state index contributed by atoms with van der Waals surface area (Å²) in [7, 11) is 0. The first-order valence-electron chi connectivity index (χ1n) is 5.77. The minimum Gasteiger partial charge on any atom is -0.481 e. The predicted molar refractivity (Wildman–Crippen MR) is 66.6 cm³/mol. The Morgan fingerprint density at radius 2 is 1.68 bits per heavy atom. The van der Waals surface area contributed by atoms with Gasteiger partial charge in [-0.05, 0) is 5.56 Å². The van der Waals surface area contributed by atoms with E-state index in [1.807, 2.05) is 6.07 Å². The van der Waals surface area contributed by atoms with Crippen LogP contribution in [0, 0.1) is 0 Å². The Balaban J connectivity index is 2.56. The van der Waals surface area contributed by atoms with Crippen LogP contribution in [0.2, 0.25) is 0 Å². The van der Waals surface area contributed by atoms with Crippen LogP contribution in [0.3, 0.4) is 0 Å². The Kier molecular flexibility index (Phi) is 5.53. The smallest absolute Gasteiger partial charge is 0.326 e. The van der Waals surface area contributed by atoms with Crippen molar-refractivity contribution in [2.75, 3.05) is 0 Å². The lowest BCUT2D eigenvalue weighted by molar-refractivity contribution is -0.142. The van der Waals surface area contributed by atoms with Gasteiger partial charge in [0.2, 0.25) is 5.91 Å². The molecule has 1 aromatic carbocycles. The molecule has 1 aromatic rings. The predicted octanol–water partition coefficient (Wildman–Crippen LogP) is 0.663. The van der Waals surface area contributed by atoms with Crippen LogP contribution in [0.1, 0.15) is 18.4 Å². The number of benzene rings is 1. The second kappa shape index (κ2) is 7.15. The highest BCUT2D eigenvalue weighted by Crippen LogP contribution is 2.04. The van der Waals surface area contributed by atoms with Gasteiger partial charge in [0.25, 0.3) is 0 Å². The Bertz CT molecular complexity index is 457. The first-order valence-corrected chi connectivity index (χ1v) is 5.77. The van der Waals surface area contributed by atoms with E-state index >= 15 is 0 Å². The molecule has 0 aliphatic heterocycles. The van der Waals surface area contributed by atoms with Crippen LogP contribution in [0.5, 0.6) is 0 Å². The highest BCUT2D eigenvalue weighted by molar-refractivity contribution is 5.85. The van der Waals surface area contributed by atoms with Gasteiger partial charge in [-0.15, -0.1) is 0 Å². The molecule has 1 atom stereocenters. The molecule has 0 saturated heterocycles. The van der Waals surface area contributed by atoms with Gasteiger partial charge in [0, 0.05) is 12.8 Å². The second-order valence-electron chi connectivity index (χ2n) is 4.04. The number of aliphatic carboxylic acids is 2. The van der Waals surface area contributed by atoms with Gasteiger partial charge in [0.1, 0.15) is 6.04 Å². The molecule has 6 nitrogen and oxygen atoms in total. The molecular formula is C13H15NO5.